The van der Waals surface area contributed by atoms with Crippen LogP contribution >= 0.6 is 15.9 Å². The number of hydrogen-bond acceptors (Lipinski definition) is 5. The van der Waals surface area contributed by atoms with E-state index in [1.165, 1.54) is 0 Å². The van der Waals surface area contributed by atoms with Gasteiger partial charge in [0, 0.05) is 31.5 Å². The molecule has 1 aromatic carbocycles. The Kier molecular flexibility index (Phi) is 6.08. The highest BCUT2D eigenvalue weighted by Gasteiger charge is 2.31. The second-order valence-electron chi connectivity index (χ2n) is 6.28. The zero-order valence-corrected chi connectivity index (χ0v) is 16.6. The number of carbonyl (C=O) groups excluding carboxylic acids is 1. The van der Waals surface area contributed by atoms with Gasteiger partial charge in [0.1, 0.15) is 5.75 Å². The largest absolute Gasteiger partial charge is 0.493 e. The van der Waals surface area contributed by atoms with E-state index in [0.717, 1.165) is 29.4 Å². The molecule has 1 unspecified atom stereocenters. The molecule has 26 heavy (non-hydrogen) atoms. The zero-order chi connectivity index (χ0) is 18.5. The number of anilines is 1. The summed E-state index contributed by atoms with van der Waals surface area (Å²) in [4.78, 5) is 23.6. The van der Waals surface area contributed by atoms with Crippen LogP contribution in [-0.4, -0.2) is 46.5 Å². The Bertz CT molecular complexity index is 767. The third-order valence-corrected chi connectivity index (χ3v) is 4.91. The molecular formula is C19H23BrN4O2. The first-order valence-electron chi connectivity index (χ1n) is 8.85. The minimum Gasteiger partial charge on any atom is -0.493 e. The molecule has 6 nitrogen and oxygen atoms in total. The molecule has 1 aromatic heterocycles. The summed E-state index contributed by atoms with van der Waals surface area (Å²) < 4.78 is 6.52. The predicted molar refractivity (Wildman–Crippen MR) is 105 cm³/mol. The summed E-state index contributed by atoms with van der Waals surface area (Å²) in [6.45, 7) is 5.80. The second-order valence-corrected chi connectivity index (χ2v) is 7.20. The highest BCUT2D eigenvalue weighted by Crippen LogP contribution is 2.28. The number of rotatable bonds is 6. The molecule has 7 heteroatoms. The number of amides is 1. The highest BCUT2D eigenvalue weighted by atomic mass is 79.9. The molecular weight excluding hydrogens is 396 g/mol. The summed E-state index contributed by atoms with van der Waals surface area (Å²) >= 11 is 3.33. The third kappa shape index (κ3) is 4.15. The molecule has 0 aliphatic carbocycles. The first kappa shape index (κ1) is 18.6. The lowest BCUT2D eigenvalue weighted by molar-refractivity contribution is 0.0738. The van der Waals surface area contributed by atoms with Gasteiger partial charge in [-0.15, -0.1) is 0 Å². The lowest BCUT2D eigenvalue weighted by Gasteiger charge is -2.26. The van der Waals surface area contributed by atoms with Crippen molar-refractivity contribution in [3.63, 3.8) is 0 Å². The van der Waals surface area contributed by atoms with E-state index < -0.39 is 0 Å². The molecule has 3 rings (SSSR count). The van der Waals surface area contributed by atoms with Gasteiger partial charge in [0.2, 0.25) is 5.95 Å². The highest BCUT2D eigenvalue weighted by molar-refractivity contribution is 9.10. The lowest BCUT2D eigenvalue weighted by Crippen LogP contribution is -2.40. The van der Waals surface area contributed by atoms with E-state index in [4.69, 9.17) is 4.74 Å². The van der Waals surface area contributed by atoms with Crippen molar-refractivity contribution in [2.75, 3.05) is 25.0 Å². The van der Waals surface area contributed by atoms with Crippen LogP contribution in [0.15, 0.2) is 35.1 Å². The van der Waals surface area contributed by atoms with Gasteiger partial charge < -0.3 is 15.0 Å². The van der Waals surface area contributed by atoms with Crippen LogP contribution in [0.5, 0.6) is 5.75 Å². The molecule has 0 bridgehead atoms. The zero-order valence-electron chi connectivity index (χ0n) is 15.0. The minimum absolute atomic E-state index is 0.0348. The van der Waals surface area contributed by atoms with Gasteiger partial charge >= 0.3 is 0 Å². The Morgan fingerprint density at radius 2 is 2.15 bits per heavy atom. The Labute approximate surface area is 162 Å². The SMILES string of the molecule is CCOc1cccc(C)c1C(=O)N1CCCC1CNc1ncc(Br)cn1. The smallest absolute Gasteiger partial charge is 0.258 e. The first-order valence-corrected chi connectivity index (χ1v) is 9.64. The molecule has 2 aromatic rings. The minimum atomic E-state index is 0.0348. The van der Waals surface area contributed by atoms with Crippen molar-refractivity contribution in [2.45, 2.75) is 32.7 Å². The molecule has 1 saturated heterocycles. The number of hydrogen-bond donors (Lipinski definition) is 1. The summed E-state index contributed by atoms with van der Waals surface area (Å²) in [6, 6.07) is 5.85. The Hall–Kier alpha value is -2.15. The number of aromatic nitrogens is 2. The molecule has 0 spiro atoms. The standard InChI is InChI=1S/C19H23BrN4O2/c1-3-26-16-8-4-6-13(2)17(16)18(25)24-9-5-7-15(24)12-23-19-21-10-14(20)11-22-19/h4,6,8,10-11,15H,3,5,7,9,12H2,1-2H3,(H,21,22,23). The van der Waals surface area contributed by atoms with Crippen molar-refractivity contribution in [1.29, 1.82) is 0 Å². The van der Waals surface area contributed by atoms with E-state index in [2.05, 4.69) is 31.2 Å². The fourth-order valence-corrected chi connectivity index (χ4v) is 3.47. The molecule has 1 amide bonds. The number of carbonyl (C=O) groups is 1. The van der Waals surface area contributed by atoms with Crippen LogP contribution in [-0.2, 0) is 0 Å². The monoisotopic (exact) mass is 418 g/mol. The molecule has 1 N–H and O–H groups in total. The quantitative estimate of drug-likeness (QED) is 0.774. The summed E-state index contributed by atoms with van der Waals surface area (Å²) in [5.41, 5.74) is 1.61. The normalized spacial score (nSPS) is 16.6. The summed E-state index contributed by atoms with van der Waals surface area (Å²) in [5, 5.41) is 3.24. The molecule has 2 heterocycles. The fourth-order valence-electron chi connectivity index (χ4n) is 3.26. The Morgan fingerprint density at radius 1 is 1.38 bits per heavy atom. The van der Waals surface area contributed by atoms with Gasteiger partial charge in [0.15, 0.2) is 0 Å². The van der Waals surface area contributed by atoms with E-state index in [-0.39, 0.29) is 11.9 Å². The maximum atomic E-state index is 13.2. The second kappa shape index (κ2) is 8.49. The van der Waals surface area contributed by atoms with Gasteiger partial charge in [-0.3, -0.25) is 4.79 Å². The van der Waals surface area contributed by atoms with Gasteiger partial charge in [0.05, 0.1) is 16.6 Å². The molecule has 0 saturated carbocycles. The number of likely N-dealkylation sites (tertiary alicyclic amines) is 1. The summed E-state index contributed by atoms with van der Waals surface area (Å²) in [5.74, 6) is 1.26. The summed E-state index contributed by atoms with van der Waals surface area (Å²) in [6.07, 6.45) is 5.36. The van der Waals surface area contributed by atoms with E-state index in [1.807, 2.05) is 36.9 Å². The van der Waals surface area contributed by atoms with Gasteiger partial charge in [-0.25, -0.2) is 9.97 Å². The maximum Gasteiger partial charge on any atom is 0.258 e. The number of halogens is 1. The molecule has 1 fully saturated rings. The van der Waals surface area contributed by atoms with Crippen LogP contribution < -0.4 is 10.1 Å². The van der Waals surface area contributed by atoms with Crippen LogP contribution in [0.1, 0.15) is 35.7 Å². The molecule has 1 atom stereocenters. The van der Waals surface area contributed by atoms with Crippen molar-refractivity contribution in [2.24, 2.45) is 0 Å². The average molecular weight is 419 g/mol. The predicted octanol–water partition coefficient (Wildman–Crippen LogP) is 3.66. The van der Waals surface area contributed by atoms with Crippen molar-refractivity contribution in [1.82, 2.24) is 14.9 Å². The van der Waals surface area contributed by atoms with Crippen molar-refractivity contribution in [3.8, 4) is 5.75 Å². The van der Waals surface area contributed by atoms with Crippen LogP contribution in [0.25, 0.3) is 0 Å². The maximum absolute atomic E-state index is 13.2. The van der Waals surface area contributed by atoms with Gasteiger partial charge in [-0.1, -0.05) is 12.1 Å². The van der Waals surface area contributed by atoms with Crippen LogP contribution in [0.4, 0.5) is 5.95 Å². The van der Waals surface area contributed by atoms with Crippen molar-refractivity contribution < 1.29 is 9.53 Å². The molecule has 138 valence electrons. The average Bonchev–Trinajstić information content (AvgIpc) is 3.10. The molecule has 0 radical (unpaired) electrons. The number of nitrogens with zero attached hydrogens (tertiary/aromatic N) is 3. The fraction of sp³-hybridized carbons (Fsp3) is 0.421. The molecule has 1 aliphatic heterocycles. The Morgan fingerprint density at radius 3 is 2.88 bits per heavy atom. The van der Waals surface area contributed by atoms with Crippen LogP contribution in [0, 0.1) is 6.92 Å². The number of aryl methyl sites for hydroxylation is 1. The number of ether oxygens (including phenoxy) is 1. The lowest BCUT2D eigenvalue weighted by atomic mass is 10.1. The number of benzene rings is 1. The first-order chi connectivity index (χ1) is 12.6. The van der Waals surface area contributed by atoms with E-state index in [1.54, 1.807) is 12.4 Å². The third-order valence-electron chi connectivity index (χ3n) is 4.50. The van der Waals surface area contributed by atoms with Crippen molar-refractivity contribution >= 4 is 27.8 Å². The topological polar surface area (TPSA) is 67.3 Å². The van der Waals surface area contributed by atoms with Crippen LogP contribution in [0.2, 0.25) is 0 Å². The summed E-state index contributed by atoms with van der Waals surface area (Å²) in [7, 11) is 0. The van der Waals surface area contributed by atoms with Gasteiger partial charge in [-0.05, 0) is 54.2 Å². The van der Waals surface area contributed by atoms with Gasteiger partial charge in [0.25, 0.3) is 5.91 Å². The van der Waals surface area contributed by atoms with E-state index in [9.17, 15) is 4.79 Å². The van der Waals surface area contributed by atoms with Gasteiger partial charge in [-0.2, -0.15) is 0 Å². The number of nitrogens with one attached hydrogen (secondary N) is 1. The van der Waals surface area contributed by atoms with E-state index >= 15 is 0 Å². The van der Waals surface area contributed by atoms with Crippen molar-refractivity contribution in [3.05, 3.63) is 46.2 Å². The Balaban J connectivity index is 1.73. The molecule has 1 aliphatic rings. The van der Waals surface area contributed by atoms with E-state index in [0.29, 0.717) is 30.4 Å². The van der Waals surface area contributed by atoms with Crippen LogP contribution in [0.3, 0.4) is 0 Å².